The lowest BCUT2D eigenvalue weighted by Crippen LogP contribution is -2.24. The number of aliphatic carboxylic acids is 1. The Labute approximate surface area is 108 Å². The van der Waals surface area contributed by atoms with Gasteiger partial charge in [0.2, 0.25) is 0 Å². The van der Waals surface area contributed by atoms with Gasteiger partial charge in [-0.3, -0.25) is 4.79 Å². The first-order chi connectivity index (χ1) is 8.93. The molecule has 1 aliphatic heterocycles. The number of hydrogen-bond donors (Lipinski definition) is 1. The van der Waals surface area contributed by atoms with E-state index in [0.717, 1.165) is 12.1 Å². The summed E-state index contributed by atoms with van der Waals surface area (Å²) in [5.41, 5.74) is -0.352. The molecule has 1 saturated heterocycles. The van der Waals surface area contributed by atoms with E-state index >= 15 is 0 Å². The minimum absolute atomic E-state index is 0.0657. The molecule has 0 unspecified atom stereocenters. The number of carboxylic acids is 1. The highest BCUT2D eigenvalue weighted by Gasteiger charge is 2.36. The Morgan fingerprint density at radius 1 is 1.42 bits per heavy atom. The van der Waals surface area contributed by atoms with Crippen LogP contribution in [0.2, 0.25) is 0 Å². The predicted octanol–water partition coefficient (Wildman–Crippen LogP) is 1.99. The number of nitriles is 1. The van der Waals surface area contributed by atoms with Gasteiger partial charge in [0.1, 0.15) is 5.69 Å². The highest BCUT2D eigenvalue weighted by Crippen LogP contribution is 2.32. The lowest BCUT2D eigenvalue weighted by Gasteiger charge is -2.19. The lowest BCUT2D eigenvalue weighted by molar-refractivity contribution is -0.142. The summed E-state index contributed by atoms with van der Waals surface area (Å²) in [5, 5.41) is 17.6. The molecule has 0 saturated carbocycles. The van der Waals surface area contributed by atoms with Gasteiger partial charge >= 0.3 is 5.97 Å². The van der Waals surface area contributed by atoms with Crippen molar-refractivity contribution < 1.29 is 18.7 Å². The minimum Gasteiger partial charge on any atom is -0.481 e. The first kappa shape index (κ1) is 13.3. The van der Waals surface area contributed by atoms with Gasteiger partial charge in [-0.05, 0) is 18.1 Å². The summed E-state index contributed by atoms with van der Waals surface area (Å²) >= 11 is 0. The van der Waals surface area contributed by atoms with E-state index in [0.29, 0.717) is 0 Å². The predicted molar refractivity (Wildman–Crippen MR) is 63.6 cm³/mol. The maximum Gasteiger partial charge on any atom is 0.308 e. The number of halogens is 2. The Morgan fingerprint density at radius 3 is 2.42 bits per heavy atom. The van der Waals surface area contributed by atoms with E-state index in [1.54, 1.807) is 13.0 Å². The van der Waals surface area contributed by atoms with Gasteiger partial charge in [-0.2, -0.15) is 5.26 Å². The number of carbonyl (C=O) groups is 1. The summed E-state index contributed by atoms with van der Waals surface area (Å²) in [4.78, 5) is 12.4. The van der Waals surface area contributed by atoms with Gasteiger partial charge in [-0.25, -0.2) is 8.78 Å². The summed E-state index contributed by atoms with van der Waals surface area (Å²) in [6, 6.07) is 3.58. The second-order valence-corrected chi connectivity index (χ2v) is 4.73. The van der Waals surface area contributed by atoms with Gasteiger partial charge in [0.25, 0.3) is 0 Å². The van der Waals surface area contributed by atoms with Crippen molar-refractivity contribution in [2.45, 2.75) is 6.92 Å². The van der Waals surface area contributed by atoms with E-state index in [-0.39, 0.29) is 30.3 Å². The molecule has 2 atom stereocenters. The fraction of sp³-hybridized carbons (Fsp3) is 0.385. The van der Waals surface area contributed by atoms with Crippen molar-refractivity contribution in [3.05, 3.63) is 29.3 Å². The highest BCUT2D eigenvalue weighted by molar-refractivity contribution is 5.72. The molecule has 0 bridgehead atoms. The Morgan fingerprint density at radius 2 is 2.00 bits per heavy atom. The molecule has 6 heteroatoms. The third-order valence-electron chi connectivity index (χ3n) is 3.39. The molecule has 1 heterocycles. The molecule has 0 amide bonds. The zero-order valence-electron chi connectivity index (χ0n) is 10.2. The second-order valence-electron chi connectivity index (χ2n) is 4.73. The molecule has 1 fully saturated rings. The lowest BCUT2D eigenvalue weighted by atomic mass is 9.99. The summed E-state index contributed by atoms with van der Waals surface area (Å²) < 4.78 is 27.6. The van der Waals surface area contributed by atoms with Crippen molar-refractivity contribution in [1.29, 1.82) is 5.26 Å². The SMILES string of the molecule is C[C@@H]1CN(c2c(F)cc(C#N)cc2F)C[C@H]1C(=O)O. The Hall–Kier alpha value is -2.16. The van der Waals surface area contributed by atoms with Gasteiger partial charge in [-0.1, -0.05) is 6.92 Å². The van der Waals surface area contributed by atoms with Crippen LogP contribution < -0.4 is 4.90 Å². The highest BCUT2D eigenvalue weighted by atomic mass is 19.1. The van der Waals surface area contributed by atoms with Crippen LogP contribution in [-0.4, -0.2) is 24.2 Å². The third kappa shape index (κ3) is 2.36. The molecule has 19 heavy (non-hydrogen) atoms. The van der Waals surface area contributed by atoms with Gasteiger partial charge in [-0.15, -0.1) is 0 Å². The molecule has 4 nitrogen and oxygen atoms in total. The van der Waals surface area contributed by atoms with Crippen molar-refractivity contribution in [3.63, 3.8) is 0 Å². The maximum atomic E-state index is 13.8. The molecule has 1 aromatic carbocycles. The van der Waals surface area contributed by atoms with E-state index in [4.69, 9.17) is 10.4 Å². The van der Waals surface area contributed by atoms with Crippen LogP contribution in [0.3, 0.4) is 0 Å². The molecule has 0 spiro atoms. The van der Waals surface area contributed by atoms with E-state index in [1.165, 1.54) is 4.90 Å². The van der Waals surface area contributed by atoms with Crippen LogP contribution in [0.25, 0.3) is 0 Å². The smallest absolute Gasteiger partial charge is 0.308 e. The minimum atomic E-state index is -0.968. The van der Waals surface area contributed by atoms with Crippen LogP contribution >= 0.6 is 0 Å². The van der Waals surface area contributed by atoms with Crippen LogP contribution in [-0.2, 0) is 4.79 Å². The first-order valence-corrected chi connectivity index (χ1v) is 5.81. The van der Waals surface area contributed by atoms with E-state index < -0.39 is 23.5 Å². The van der Waals surface area contributed by atoms with Crippen molar-refractivity contribution in [3.8, 4) is 6.07 Å². The van der Waals surface area contributed by atoms with Gasteiger partial charge in [0.05, 0.1) is 17.6 Å². The number of hydrogen-bond acceptors (Lipinski definition) is 3. The standard InChI is InChI=1S/C13H12F2N2O2/c1-7-5-17(6-9(7)13(18)19)12-10(14)2-8(4-16)3-11(12)15/h2-3,7,9H,5-6H2,1H3,(H,18,19)/t7-,9-/m1/s1. The normalized spacial score (nSPS) is 22.3. The zero-order chi connectivity index (χ0) is 14.2. The molecule has 0 aromatic heterocycles. The quantitative estimate of drug-likeness (QED) is 0.889. The topological polar surface area (TPSA) is 64.3 Å². The molecule has 0 radical (unpaired) electrons. The number of rotatable bonds is 2. The Kier molecular flexibility index (Phi) is 3.38. The molecule has 0 aliphatic carbocycles. The Balaban J connectivity index is 2.35. The second kappa shape index (κ2) is 4.84. The Bertz CT molecular complexity index is 545. The summed E-state index contributed by atoms with van der Waals surface area (Å²) in [6.45, 7) is 2.07. The maximum absolute atomic E-state index is 13.8. The van der Waals surface area contributed by atoms with Crippen LogP contribution in [0, 0.1) is 34.8 Å². The van der Waals surface area contributed by atoms with Crippen molar-refractivity contribution in [2.24, 2.45) is 11.8 Å². The molecule has 1 N–H and O–H groups in total. The first-order valence-electron chi connectivity index (χ1n) is 5.81. The number of anilines is 1. The van der Waals surface area contributed by atoms with Gasteiger partial charge < -0.3 is 10.0 Å². The molecular formula is C13H12F2N2O2. The number of nitrogens with zero attached hydrogens (tertiary/aromatic N) is 2. The fourth-order valence-electron chi connectivity index (χ4n) is 2.40. The average Bonchev–Trinajstić information content (AvgIpc) is 2.70. The summed E-state index contributed by atoms with van der Waals surface area (Å²) in [6.07, 6.45) is 0. The molecule has 100 valence electrons. The van der Waals surface area contributed by atoms with Crippen LogP contribution in [0.15, 0.2) is 12.1 Å². The number of benzene rings is 1. The largest absolute Gasteiger partial charge is 0.481 e. The molecule has 1 aromatic rings. The van der Waals surface area contributed by atoms with E-state index in [9.17, 15) is 13.6 Å². The number of carboxylic acid groups (broad SMARTS) is 1. The zero-order valence-corrected chi connectivity index (χ0v) is 10.2. The fourth-order valence-corrected chi connectivity index (χ4v) is 2.40. The van der Waals surface area contributed by atoms with Crippen molar-refractivity contribution in [1.82, 2.24) is 0 Å². The van der Waals surface area contributed by atoms with Gasteiger partial charge in [0, 0.05) is 13.1 Å². The summed E-state index contributed by atoms with van der Waals surface area (Å²) in [7, 11) is 0. The molecular weight excluding hydrogens is 254 g/mol. The van der Waals surface area contributed by atoms with E-state index in [2.05, 4.69) is 0 Å². The monoisotopic (exact) mass is 266 g/mol. The average molecular weight is 266 g/mol. The van der Waals surface area contributed by atoms with Crippen molar-refractivity contribution >= 4 is 11.7 Å². The van der Waals surface area contributed by atoms with Crippen LogP contribution in [0.5, 0.6) is 0 Å². The van der Waals surface area contributed by atoms with Gasteiger partial charge in [0.15, 0.2) is 11.6 Å². The van der Waals surface area contributed by atoms with E-state index in [1.807, 2.05) is 0 Å². The summed E-state index contributed by atoms with van der Waals surface area (Å²) in [5.74, 6) is -3.48. The van der Waals surface area contributed by atoms with Crippen LogP contribution in [0.1, 0.15) is 12.5 Å². The van der Waals surface area contributed by atoms with Crippen LogP contribution in [0.4, 0.5) is 14.5 Å². The molecule has 1 aliphatic rings. The molecule has 2 rings (SSSR count). The third-order valence-corrected chi connectivity index (χ3v) is 3.39. The van der Waals surface area contributed by atoms with Crippen molar-refractivity contribution in [2.75, 3.05) is 18.0 Å².